The average molecular weight is 405 g/mol. The molecule has 0 N–H and O–H groups in total. The number of aryl methyl sites for hydroxylation is 1. The van der Waals surface area contributed by atoms with Crippen molar-refractivity contribution in [2.24, 2.45) is 20.0 Å². The number of hydrogen-bond donors (Lipinski definition) is 0. The van der Waals surface area contributed by atoms with E-state index in [1.165, 1.54) is 29.0 Å². The lowest BCUT2D eigenvalue weighted by Gasteiger charge is -2.30. The fourth-order valence-electron chi connectivity index (χ4n) is 4.34. The first-order chi connectivity index (χ1) is 14.0. The molecular weight excluding hydrogens is 372 g/mol. The summed E-state index contributed by atoms with van der Waals surface area (Å²) in [7, 11) is 3.23. The Hall–Kier alpha value is -1.97. The average Bonchev–Trinajstić information content (AvgIpc) is 3.10. The van der Waals surface area contributed by atoms with Gasteiger partial charge in [-0.3, -0.25) is 23.7 Å². The van der Waals surface area contributed by atoms with Crippen LogP contribution in [0.2, 0.25) is 0 Å². The number of fused-ring (bicyclic) bond motifs is 1. The van der Waals surface area contributed by atoms with E-state index >= 15 is 0 Å². The third kappa shape index (κ3) is 4.04. The van der Waals surface area contributed by atoms with Crippen molar-refractivity contribution in [3.63, 3.8) is 0 Å². The van der Waals surface area contributed by atoms with E-state index in [9.17, 15) is 9.59 Å². The van der Waals surface area contributed by atoms with E-state index in [4.69, 9.17) is 9.72 Å². The van der Waals surface area contributed by atoms with E-state index in [-0.39, 0.29) is 11.2 Å². The van der Waals surface area contributed by atoms with Crippen molar-refractivity contribution in [3.8, 4) is 0 Å². The first-order valence-electron chi connectivity index (χ1n) is 10.6. The Morgan fingerprint density at radius 1 is 0.966 bits per heavy atom. The molecular formula is C20H32N6O3. The highest BCUT2D eigenvalue weighted by atomic mass is 16.5. The third-order valence-corrected chi connectivity index (χ3v) is 6.41. The van der Waals surface area contributed by atoms with Crippen LogP contribution >= 0.6 is 0 Å². The third-order valence-electron chi connectivity index (χ3n) is 6.41. The number of likely N-dealkylation sites (tertiary alicyclic amines) is 1. The number of imidazole rings is 1. The molecule has 0 saturated carbocycles. The van der Waals surface area contributed by atoms with Gasteiger partial charge in [0, 0.05) is 40.3 Å². The van der Waals surface area contributed by atoms with Crippen molar-refractivity contribution in [1.82, 2.24) is 28.5 Å². The van der Waals surface area contributed by atoms with Crippen LogP contribution in [-0.2, 0) is 31.9 Å². The lowest BCUT2D eigenvalue weighted by atomic mass is 9.99. The zero-order valence-corrected chi connectivity index (χ0v) is 17.8. The maximum absolute atomic E-state index is 13.0. The van der Waals surface area contributed by atoms with Gasteiger partial charge in [-0.2, -0.15) is 0 Å². The fraction of sp³-hybridized carbons (Fsp3) is 0.750. The SMILES string of the molecule is CC1CCN(Cc2nc3c(c(=O)n(C)c(=O)n3C)n2CCN2CCOCC2)CC1. The fourth-order valence-corrected chi connectivity index (χ4v) is 4.34. The van der Waals surface area contributed by atoms with E-state index in [1.54, 1.807) is 7.05 Å². The Morgan fingerprint density at radius 3 is 2.34 bits per heavy atom. The van der Waals surface area contributed by atoms with Crippen molar-refractivity contribution in [3.05, 3.63) is 26.7 Å². The smallest absolute Gasteiger partial charge is 0.332 e. The second-order valence-electron chi connectivity index (χ2n) is 8.47. The lowest BCUT2D eigenvalue weighted by Crippen LogP contribution is -2.40. The summed E-state index contributed by atoms with van der Waals surface area (Å²) in [6.45, 7) is 9.94. The molecule has 9 nitrogen and oxygen atoms in total. The lowest BCUT2D eigenvalue weighted by molar-refractivity contribution is 0.0363. The molecule has 2 saturated heterocycles. The van der Waals surface area contributed by atoms with Crippen LogP contribution in [0.3, 0.4) is 0 Å². The molecule has 2 fully saturated rings. The van der Waals surface area contributed by atoms with E-state index in [1.807, 2.05) is 4.57 Å². The van der Waals surface area contributed by atoms with Gasteiger partial charge in [-0.15, -0.1) is 0 Å². The second-order valence-corrected chi connectivity index (χ2v) is 8.47. The molecule has 4 heterocycles. The molecule has 2 aromatic heterocycles. The van der Waals surface area contributed by atoms with Crippen molar-refractivity contribution >= 4 is 11.2 Å². The molecule has 0 spiro atoms. The minimum atomic E-state index is -0.335. The standard InChI is InChI=1S/C20H32N6O3/c1-15-4-6-25(7-5-15)14-16-21-18-17(19(27)23(3)20(28)22(18)2)26(16)9-8-24-10-12-29-13-11-24/h15H,4-14H2,1-3H3. The normalized spacial score (nSPS) is 20.0. The summed E-state index contributed by atoms with van der Waals surface area (Å²) in [4.78, 5) is 34.9. The summed E-state index contributed by atoms with van der Waals surface area (Å²) in [5, 5.41) is 0. The van der Waals surface area contributed by atoms with Crippen LogP contribution in [0.15, 0.2) is 9.59 Å². The Morgan fingerprint density at radius 2 is 1.66 bits per heavy atom. The first kappa shape index (κ1) is 20.3. The Kier molecular flexibility index (Phi) is 5.89. The summed E-state index contributed by atoms with van der Waals surface area (Å²) in [5.41, 5.74) is 0.415. The molecule has 29 heavy (non-hydrogen) atoms. The van der Waals surface area contributed by atoms with Crippen molar-refractivity contribution in [1.29, 1.82) is 0 Å². The Labute approximate surface area is 170 Å². The molecule has 9 heteroatoms. The molecule has 4 rings (SSSR count). The van der Waals surface area contributed by atoms with Crippen molar-refractivity contribution in [2.75, 3.05) is 45.9 Å². The minimum absolute atomic E-state index is 0.268. The van der Waals surface area contributed by atoms with Gasteiger partial charge in [0.25, 0.3) is 5.56 Å². The number of piperidine rings is 1. The summed E-state index contributed by atoms with van der Waals surface area (Å²) < 4.78 is 10.2. The number of aromatic nitrogens is 4. The molecule has 2 aliphatic rings. The monoisotopic (exact) mass is 404 g/mol. The number of nitrogens with zero attached hydrogens (tertiary/aromatic N) is 6. The van der Waals surface area contributed by atoms with Gasteiger partial charge in [-0.1, -0.05) is 6.92 Å². The van der Waals surface area contributed by atoms with Crippen molar-refractivity contribution < 1.29 is 4.74 Å². The van der Waals surface area contributed by atoms with Gasteiger partial charge in [0.1, 0.15) is 5.82 Å². The van der Waals surface area contributed by atoms with Crippen LogP contribution in [-0.4, -0.2) is 74.4 Å². The van der Waals surface area contributed by atoms with E-state index in [0.29, 0.717) is 24.3 Å². The van der Waals surface area contributed by atoms with Crippen LogP contribution in [0.4, 0.5) is 0 Å². The molecule has 0 bridgehead atoms. The highest BCUT2D eigenvalue weighted by Crippen LogP contribution is 2.19. The zero-order chi connectivity index (χ0) is 20.5. The van der Waals surface area contributed by atoms with Gasteiger partial charge in [-0.25, -0.2) is 9.78 Å². The molecule has 0 aliphatic carbocycles. The van der Waals surface area contributed by atoms with Gasteiger partial charge in [-0.05, 0) is 31.8 Å². The zero-order valence-electron chi connectivity index (χ0n) is 17.8. The van der Waals surface area contributed by atoms with E-state index < -0.39 is 0 Å². The molecule has 2 aromatic rings. The predicted molar refractivity (Wildman–Crippen MR) is 111 cm³/mol. The van der Waals surface area contributed by atoms with Gasteiger partial charge in [0.2, 0.25) is 0 Å². The van der Waals surface area contributed by atoms with Crippen LogP contribution in [0.5, 0.6) is 0 Å². The Balaban J connectivity index is 1.70. The minimum Gasteiger partial charge on any atom is -0.379 e. The molecule has 0 amide bonds. The number of morpholine rings is 1. The number of hydrogen-bond acceptors (Lipinski definition) is 6. The van der Waals surface area contributed by atoms with Gasteiger partial charge in [0.15, 0.2) is 11.2 Å². The first-order valence-corrected chi connectivity index (χ1v) is 10.6. The topological polar surface area (TPSA) is 77.5 Å². The maximum atomic E-state index is 13.0. The predicted octanol–water partition coefficient (Wildman–Crippen LogP) is -0.00220. The molecule has 0 radical (unpaired) electrons. The molecule has 0 aromatic carbocycles. The second kappa shape index (κ2) is 8.41. The maximum Gasteiger partial charge on any atom is 0.332 e. The molecule has 160 valence electrons. The number of rotatable bonds is 5. The van der Waals surface area contributed by atoms with E-state index in [0.717, 1.165) is 57.7 Å². The summed E-state index contributed by atoms with van der Waals surface area (Å²) >= 11 is 0. The van der Waals surface area contributed by atoms with E-state index in [2.05, 4.69) is 16.7 Å². The summed E-state index contributed by atoms with van der Waals surface area (Å²) in [6.07, 6.45) is 2.38. The molecule has 0 unspecified atom stereocenters. The summed E-state index contributed by atoms with van der Waals surface area (Å²) in [5.74, 6) is 1.64. The molecule has 2 aliphatic heterocycles. The molecule has 0 atom stereocenters. The van der Waals surface area contributed by atoms with Gasteiger partial charge < -0.3 is 9.30 Å². The van der Waals surface area contributed by atoms with Gasteiger partial charge >= 0.3 is 5.69 Å². The largest absolute Gasteiger partial charge is 0.379 e. The quantitative estimate of drug-likeness (QED) is 0.698. The van der Waals surface area contributed by atoms with Gasteiger partial charge in [0.05, 0.1) is 19.8 Å². The van der Waals surface area contributed by atoms with Crippen molar-refractivity contribution in [2.45, 2.75) is 32.9 Å². The highest BCUT2D eigenvalue weighted by molar-refractivity contribution is 5.71. The van der Waals surface area contributed by atoms with Crippen LogP contribution in [0.25, 0.3) is 11.2 Å². The van der Waals surface area contributed by atoms with Crippen LogP contribution in [0, 0.1) is 5.92 Å². The Bertz CT molecular complexity index is 977. The summed E-state index contributed by atoms with van der Waals surface area (Å²) in [6, 6.07) is 0. The van der Waals surface area contributed by atoms with Crippen LogP contribution < -0.4 is 11.2 Å². The van der Waals surface area contributed by atoms with Crippen LogP contribution in [0.1, 0.15) is 25.6 Å². The highest BCUT2D eigenvalue weighted by Gasteiger charge is 2.23. The number of ether oxygens (including phenoxy) is 1.